The minimum absolute atomic E-state index is 0.0952. The van der Waals surface area contributed by atoms with Crippen molar-refractivity contribution in [3.8, 4) is 11.1 Å². The quantitative estimate of drug-likeness (QED) is 0.341. The first-order valence-electron chi connectivity index (χ1n) is 11.2. The van der Waals surface area contributed by atoms with E-state index in [-0.39, 0.29) is 5.91 Å². The number of amides is 1. The molecule has 2 nitrogen and oxygen atoms in total. The maximum atomic E-state index is 11.7. The molecule has 0 aliphatic heterocycles. The smallest absolute Gasteiger partial charge is 0.250 e. The lowest BCUT2D eigenvalue weighted by Crippen LogP contribution is -2.23. The number of carbonyl (C=O) groups excluding carboxylic acids is 1. The predicted octanol–water partition coefficient (Wildman–Crippen LogP) is 7.36. The van der Waals surface area contributed by atoms with Gasteiger partial charge in [-0.05, 0) is 72.4 Å². The van der Waals surface area contributed by atoms with Gasteiger partial charge >= 0.3 is 0 Å². The summed E-state index contributed by atoms with van der Waals surface area (Å²) in [5.41, 5.74) is 4.78. The number of anilines is 1. The molecule has 29 heavy (non-hydrogen) atoms. The van der Waals surface area contributed by atoms with Crippen LogP contribution in [0.1, 0.15) is 69.8 Å². The molecule has 0 spiro atoms. The van der Waals surface area contributed by atoms with E-state index in [0.29, 0.717) is 0 Å². The molecule has 0 bridgehead atoms. The molecule has 0 atom stereocenters. The van der Waals surface area contributed by atoms with Crippen molar-refractivity contribution in [3.05, 3.63) is 66.7 Å². The monoisotopic (exact) mass is 389 g/mol. The van der Waals surface area contributed by atoms with E-state index in [1.165, 1.54) is 74.1 Å². The van der Waals surface area contributed by atoms with E-state index in [1.807, 2.05) is 12.1 Å². The van der Waals surface area contributed by atoms with E-state index in [9.17, 15) is 4.79 Å². The Morgan fingerprint density at radius 1 is 0.966 bits per heavy atom. The second kappa shape index (κ2) is 10.4. The zero-order valence-electron chi connectivity index (χ0n) is 18.1. The molecule has 2 heteroatoms. The van der Waals surface area contributed by atoms with Gasteiger partial charge in [-0.1, -0.05) is 75.6 Å². The van der Waals surface area contributed by atoms with Gasteiger partial charge in [-0.3, -0.25) is 4.79 Å². The van der Waals surface area contributed by atoms with Crippen molar-refractivity contribution in [1.29, 1.82) is 0 Å². The molecule has 1 amide bonds. The lowest BCUT2D eigenvalue weighted by molar-refractivity contribution is -0.113. The minimum atomic E-state index is -0.0952. The van der Waals surface area contributed by atoms with E-state index >= 15 is 0 Å². The zero-order chi connectivity index (χ0) is 20.6. The summed E-state index contributed by atoms with van der Waals surface area (Å²) < 4.78 is 0. The molecule has 1 fully saturated rings. The SMILES string of the molecule is C=CC(=O)N(C)c1ccc(-c2ccc(C3CCC(CCCCC)CC3)cc2)cc1. The van der Waals surface area contributed by atoms with Gasteiger partial charge in [0.2, 0.25) is 5.91 Å². The number of unbranched alkanes of at least 4 members (excludes halogenated alkanes) is 2. The fraction of sp³-hybridized carbons (Fsp3) is 0.444. The van der Waals surface area contributed by atoms with Crippen molar-refractivity contribution in [2.45, 2.75) is 64.2 Å². The van der Waals surface area contributed by atoms with E-state index in [0.717, 1.165) is 17.5 Å². The average Bonchev–Trinajstić information content (AvgIpc) is 2.79. The summed E-state index contributed by atoms with van der Waals surface area (Å²) in [6.45, 7) is 5.84. The van der Waals surface area contributed by atoms with E-state index in [4.69, 9.17) is 0 Å². The molecule has 2 aromatic carbocycles. The first-order valence-corrected chi connectivity index (χ1v) is 11.2. The van der Waals surface area contributed by atoms with Gasteiger partial charge in [0, 0.05) is 12.7 Å². The van der Waals surface area contributed by atoms with Gasteiger partial charge in [0.25, 0.3) is 0 Å². The summed E-state index contributed by atoms with van der Waals surface area (Å²) in [6, 6.07) is 17.3. The van der Waals surface area contributed by atoms with Crippen molar-refractivity contribution in [2.24, 2.45) is 5.92 Å². The summed E-state index contributed by atoms with van der Waals surface area (Å²) >= 11 is 0. The van der Waals surface area contributed by atoms with Crippen LogP contribution in [0.5, 0.6) is 0 Å². The van der Waals surface area contributed by atoms with Crippen LogP contribution in [0.15, 0.2) is 61.2 Å². The summed E-state index contributed by atoms with van der Waals surface area (Å²) in [7, 11) is 1.77. The van der Waals surface area contributed by atoms with Crippen molar-refractivity contribution in [2.75, 3.05) is 11.9 Å². The number of benzene rings is 2. The number of likely N-dealkylation sites (N-methyl/N-ethyl adjacent to an activating group) is 1. The maximum absolute atomic E-state index is 11.7. The molecule has 1 aliphatic carbocycles. The first kappa shape index (κ1) is 21.4. The molecule has 0 heterocycles. The Hall–Kier alpha value is -2.35. The Kier molecular flexibility index (Phi) is 7.69. The van der Waals surface area contributed by atoms with Gasteiger partial charge in [-0.15, -0.1) is 0 Å². The third kappa shape index (κ3) is 5.59. The van der Waals surface area contributed by atoms with Crippen LogP contribution in [-0.2, 0) is 4.79 Å². The maximum Gasteiger partial charge on any atom is 0.250 e. The Morgan fingerprint density at radius 3 is 2.10 bits per heavy atom. The lowest BCUT2D eigenvalue weighted by atomic mass is 9.77. The molecular formula is C27H35NO. The third-order valence-electron chi connectivity index (χ3n) is 6.54. The van der Waals surface area contributed by atoms with Crippen LogP contribution in [0.25, 0.3) is 11.1 Å². The molecule has 0 N–H and O–H groups in total. The summed E-state index contributed by atoms with van der Waals surface area (Å²) in [5, 5.41) is 0. The van der Waals surface area contributed by atoms with Crippen LogP contribution in [0.3, 0.4) is 0 Å². The standard InChI is InChI=1S/C27H35NO/c1-4-6-7-8-21-9-11-22(12-10-21)23-13-15-24(16-14-23)25-17-19-26(20-18-25)28(3)27(29)5-2/h5,13-22H,2,4,6-12H2,1,3H3. The van der Waals surface area contributed by atoms with Gasteiger partial charge in [-0.2, -0.15) is 0 Å². The van der Waals surface area contributed by atoms with E-state index in [2.05, 4.69) is 49.9 Å². The van der Waals surface area contributed by atoms with Gasteiger partial charge in [-0.25, -0.2) is 0 Å². The predicted molar refractivity (Wildman–Crippen MR) is 124 cm³/mol. The zero-order valence-corrected chi connectivity index (χ0v) is 18.1. The first-order chi connectivity index (χ1) is 14.1. The molecule has 1 aliphatic rings. The van der Waals surface area contributed by atoms with E-state index in [1.54, 1.807) is 11.9 Å². The normalized spacial score (nSPS) is 19.0. The molecule has 3 rings (SSSR count). The van der Waals surface area contributed by atoms with Gasteiger partial charge in [0.05, 0.1) is 0 Å². The van der Waals surface area contributed by atoms with Crippen molar-refractivity contribution in [1.82, 2.24) is 0 Å². The van der Waals surface area contributed by atoms with Gasteiger partial charge in [0.1, 0.15) is 0 Å². The second-order valence-electron chi connectivity index (χ2n) is 8.48. The average molecular weight is 390 g/mol. The topological polar surface area (TPSA) is 20.3 Å². The number of nitrogens with zero attached hydrogens (tertiary/aromatic N) is 1. The van der Waals surface area contributed by atoms with Crippen LogP contribution in [0.4, 0.5) is 5.69 Å². The fourth-order valence-electron chi connectivity index (χ4n) is 4.56. The Morgan fingerprint density at radius 2 is 1.55 bits per heavy atom. The van der Waals surface area contributed by atoms with Crippen LogP contribution < -0.4 is 4.90 Å². The number of hydrogen-bond acceptors (Lipinski definition) is 1. The molecule has 0 radical (unpaired) electrons. The van der Waals surface area contributed by atoms with Crippen molar-refractivity contribution in [3.63, 3.8) is 0 Å². The highest BCUT2D eigenvalue weighted by Crippen LogP contribution is 2.38. The summed E-state index contributed by atoms with van der Waals surface area (Å²) in [4.78, 5) is 13.4. The summed E-state index contributed by atoms with van der Waals surface area (Å²) in [6.07, 6.45) is 12.4. The largest absolute Gasteiger partial charge is 0.312 e. The highest BCUT2D eigenvalue weighted by molar-refractivity contribution is 6.00. The Balaban J connectivity index is 1.58. The number of carbonyl (C=O) groups is 1. The van der Waals surface area contributed by atoms with E-state index < -0.39 is 0 Å². The fourth-order valence-corrected chi connectivity index (χ4v) is 4.56. The second-order valence-corrected chi connectivity index (χ2v) is 8.48. The highest BCUT2D eigenvalue weighted by atomic mass is 16.2. The molecular weight excluding hydrogens is 354 g/mol. The molecule has 0 aromatic heterocycles. The third-order valence-corrected chi connectivity index (χ3v) is 6.54. The van der Waals surface area contributed by atoms with Crippen LogP contribution in [0, 0.1) is 5.92 Å². The van der Waals surface area contributed by atoms with Gasteiger partial charge < -0.3 is 4.90 Å². The lowest BCUT2D eigenvalue weighted by Gasteiger charge is -2.29. The highest BCUT2D eigenvalue weighted by Gasteiger charge is 2.22. The molecule has 0 unspecified atom stereocenters. The Bertz CT molecular complexity index is 782. The van der Waals surface area contributed by atoms with Crippen LogP contribution in [-0.4, -0.2) is 13.0 Å². The van der Waals surface area contributed by atoms with Gasteiger partial charge in [0.15, 0.2) is 0 Å². The van der Waals surface area contributed by atoms with Crippen LogP contribution in [0.2, 0.25) is 0 Å². The van der Waals surface area contributed by atoms with Crippen molar-refractivity contribution >= 4 is 11.6 Å². The molecule has 154 valence electrons. The number of hydrogen-bond donors (Lipinski definition) is 0. The van der Waals surface area contributed by atoms with Crippen LogP contribution >= 0.6 is 0 Å². The molecule has 2 aromatic rings. The molecule has 1 saturated carbocycles. The molecule has 0 saturated heterocycles. The minimum Gasteiger partial charge on any atom is -0.312 e. The number of rotatable bonds is 8. The van der Waals surface area contributed by atoms with Crippen molar-refractivity contribution < 1.29 is 4.79 Å². The summed E-state index contributed by atoms with van der Waals surface area (Å²) in [5.74, 6) is 1.59. The Labute approximate surface area is 176 Å².